The Morgan fingerprint density at radius 3 is 2.35 bits per heavy atom. The van der Waals surface area contributed by atoms with Crippen molar-refractivity contribution in [3.63, 3.8) is 0 Å². The monoisotopic (exact) mass is 257 g/mol. The van der Waals surface area contributed by atoms with Crippen LogP contribution in [0.25, 0.3) is 0 Å². The molecule has 0 aromatic heterocycles. The highest BCUT2D eigenvalue weighted by atomic mass is 32.2. The molecular weight excluding hydrogens is 238 g/mol. The van der Waals surface area contributed by atoms with Crippen LogP contribution in [0.1, 0.15) is 19.8 Å². The van der Waals surface area contributed by atoms with E-state index in [1.54, 1.807) is 0 Å². The van der Waals surface area contributed by atoms with Crippen LogP contribution in [0.15, 0.2) is 30.3 Å². The molecule has 0 radical (unpaired) electrons. The summed E-state index contributed by atoms with van der Waals surface area (Å²) < 4.78 is 29.7. The highest BCUT2D eigenvalue weighted by Crippen LogP contribution is 2.13. The maximum Gasteiger partial charge on any atom is 0.264 e. The van der Waals surface area contributed by atoms with Crippen molar-refractivity contribution in [2.45, 2.75) is 19.8 Å². The average molecular weight is 257 g/mol. The van der Waals surface area contributed by atoms with Crippen LogP contribution in [-0.4, -0.2) is 31.8 Å². The fourth-order valence-electron chi connectivity index (χ4n) is 1.70. The molecule has 0 unspecified atom stereocenters. The summed E-state index contributed by atoms with van der Waals surface area (Å²) in [5.41, 5.74) is 1.14. The van der Waals surface area contributed by atoms with Gasteiger partial charge in [0.2, 0.25) is 0 Å². The van der Waals surface area contributed by atoms with Crippen molar-refractivity contribution in [1.82, 2.24) is 0 Å². The Kier molecular flexibility index (Phi) is 5.44. The molecule has 0 fully saturated rings. The second-order valence-electron chi connectivity index (χ2n) is 3.91. The average Bonchev–Trinajstić information content (AvgIpc) is 2.29. The molecule has 17 heavy (non-hydrogen) atoms. The first-order valence-corrected chi connectivity index (χ1v) is 7.39. The zero-order valence-electron chi connectivity index (χ0n) is 10.0. The summed E-state index contributed by atoms with van der Waals surface area (Å²) in [5, 5.41) is 0. The van der Waals surface area contributed by atoms with Gasteiger partial charge in [-0.1, -0.05) is 18.2 Å². The molecule has 0 heterocycles. The highest BCUT2D eigenvalue weighted by Gasteiger charge is 2.06. The van der Waals surface area contributed by atoms with E-state index >= 15 is 0 Å². The molecule has 4 nitrogen and oxygen atoms in total. The molecule has 5 heteroatoms. The van der Waals surface area contributed by atoms with Crippen molar-refractivity contribution in [2.24, 2.45) is 0 Å². The molecule has 1 rings (SSSR count). The van der Waals surface area contributed by atoms with E-state index in [-0.39, 0.29) is 5.75 Å². The van der Waals surface area contributed by atoms with Crippen molar-refractivity contribution >= 4 is 15.8 Å². The van der Waals surface area contributed by atoms with E-state index in [1.165, 1.54) is 0 Å². The summed E-state index contributed by atoms with van der Waals surface area (Å²) in [5.74, 6) is -0.153. The molecule has 0 bridgehead atoms. The molecule has 0 aliphatic carbocycles. The molecule has 1 aromatic carbocycles. The molecule has 0 atom stereocenters. The lowest BCUT2D eigenvalue weighted by Gasteiger charge is -2.22. The van der Waals surface area contributed by atoms with Gasteiger partial charge in [-0.2, -0.15) is 8.42 Å². The first-order chi connectivity index (χ1) is 8.03. The maximum absolute atomic E-state index is 10.6. The fraction of sp³-hybridized carbons (Fsp3) is 0.500. The Morgan fingerprint density at radius 2 is 1.82 bits per heavy atom. The lowest BCUT2D eigenvalue weighted by molar-refractivity contribution is 0.480. The van der Waals surface area contributed by atoms with Crippen molar-refractivity contribution < 1.29 is 13.0 Å². The summed E-state index contributed by atoms with van der Waals surface area (Å²) in [6.45, 7) is 3.75. The first kappa shape index (κ1) is 14.0. The van der Waals surface area contributed by atoms with Gasteiger partial charge >= 0.3 is 0 Å². The molecule has 0 spiro atoms. The zero-order chi connectivity index (χ0) is 12.7. The number of rotatable bonds is 7. The topological polar surface area (TPSA) is 57.6 Å². The minimum Gasteiger partial charge on any atom is -0.372 e. The van der Waals surface area contributed by atoms with Crippen molar-refractivity contribution in [1.29, 1.82) is 0 Å². The SMILES string of the molecule is CCN(CCCCS(=O)(=O)O)c1ccccc1. The number of hydrogen-bond acceptors (Lipinski definition) is 3. The molecule has 0 saturated heterocycles. The van der Waals surface area contributed by atoms with E-state index in [1.807, 2.05) is 30.3 Å². The van der Waals surface area contributed by atoms with Gasteiger partial charge in [-0.15, -0.1) is 0 Å². The van der Waals surface area contributed by atoms with Crippen LogP contribution in [0.5, 0.6) is 0 Å². The predicted octanol–water partition coefficient (Wildman–Crippen LogP) is 2.18. The molecule has 0 aliphatic heterocycles. The maximum atomic E-state index is 10.6. The van der Waals surface area contributed by atoms with Crippen LogP contribution >= 0.6 is 0 Å². The molecule has 0 aliphatic rings. The predicted molar refractivity (Wildman–Crippen MR) is 70.0 cm³/mol. The first-order valence-electron chi connectivity index (χ1n) is 5.78. The quantitative estimate of drug-likeness (QED) is 0.601. The normalized spacial score (nSPS) is 11.4. The Hall–Kier alpha value is -1.07. The van der Waals surface area contributed by atoms with E-state index < -0.39 is 10.1 Å². The van der Waals surface area contributed by atoms with Gasteiger partial charge in [0.25, 0.3) is 10.1 Å². The van der Waals surface area contributed by atoms with Crippen LogP contribution in [-0.2, 0) is 10.1 Å². The van der Waals surface area contributed by atoms with Gasteiger partial charge in [-0.25, -0.2) is 0 Å². The number of benzene rings is 1. The molecule has 0 saturated carbocycles. The molecule has 96 valence electrons. The number of unbranched alkanes of at least 4 members (excludes halogenated alkanes) is 1. The third kappa shape index (κ3) is 5.70. The Labute approximate surface area is 103 Å². The van der Waals surface area contributed by atoms with Gasteiger partial charge in [0.1, 0.15) is 0 Å². The van der Waals surface area contributed by atoms with E-state index in [0.717, 1.165) is 25.2 Å². The molecular formula is C12H19NO3S. The summed E-state index contributed by atoms with van der Waals surface area (Å²) in [4.78, 5) is 2.18. The molecule has 1 aromatic rings. The largest absolute Gasteiger partial charge is 0.372 e. The summed E-state index contributed by atoms with van der Waals surface area (Å²) >= 11 is 0. The highest BCUT2D eigenvalue weighted by molar-refractivity contribution is 7.85. The Balaban J connectivity index is 2.39. The standard InChI is InChI=1S/C12H19NO3S/c1-2-13(12-8-4-3-5-9-12)10-6-7-11-17(14,15)16/h3-5,8-9H,2,6-7,10-11H2,1H3,(H,14,15,16). The Morgan fingerprint density at radius 1 is 1.18 bits per heavy atom. The van der Waals surface area contributed by atoms with Gasteiger partial charge < -0.3 is 4.90 Å². The van der Waals surface area contributed by atoms with E-state index in [9.17, 15) is 8.42 Å². The van der Waals surface area contributed by atoms with Gasteiger partial charge in [0.05, 0.1) is 5.75 Å². The van der Waals surface area contributed by atoms with Crippen LogP contribution in [0.2, 0.25) is 0 Å². The third-order valence-electron chi connectivity index (χ3n) is 2.58. The summed E-state index contributed by atoms with van der Waals surface area (Å²) in [6, 6.07) is 10.0. The fourth-order valence-corrected chi connectivity index (χ4v) is 2.26. The van der Waals surface area contributed by atoms with Crippen LogP contribution in [0.3, 0.4) is 0 Å². The number of nitrogens with zero attached hydrogens (tertiary/aromatic N) is 1. The molecule has 1 N–H and O–H groups in total. The van der Waals surface area contributed by atoms with E-state index in [4.69, 9.17) is 4.55 Å². The van der Waals surface area contributed by atoms with E-state index in [0.29, 0.717) is 6.42 Å². The van der Waals surface area contributed by atoms with Gasteiger partial charge in [0, 0.05) is 18.8 Å². The van der Waals surface area contributed by atoms with E-state index in [2.05, 4.69) is 11.8 Å². The van der Waals surface area contributed by atoms with Gasteiger partial charge in [0.15, 0.2) is 0 Å². The smallest absolute Gasteiger partial charge is 0.264 e. The minimum absolute atomic E-state index is 0.153. The van der Waals surface area contributed by atoms with Crippen LogP contribution in [0, 0.1) is 0 Å². The second-order valence-corrected chi connectivity index (χ2v) is 5.48. The van der Waals surface area contributed by atoms with Crippen molar-refractivity contribution in [2.75, 3.05) is 23.7 Å². The number of anilines is 1. The lowest BCUT2D eigenvalue weighted by atomic mass is 10.2. The number of hydrogen-bond donors (Lipinski definition) is 1. The zero-order valence-corrected chi connectivity index (χ0v) is 10.9. The Bertz CT molecular complexity index is 417. The third-order valence-corrected chi connectivity index (χ3v) is 3.39. The van der Waals surface area contributed by atoms with Gasteiger partial charge in [-0.3, -0.25) is 4.55 Å². The van der Waals surface area contributed by atoms with Crippen LogP contribution in [0.4, 0.5) is 5.69 Å². The summed E-state index contributed by atoms with van der Waals surface area (Å²) in [6.07, 6.45) is 1.24. The number of para-hydroxylation sites is 1. The minimum atomic E-state index is -3.81. The van der Waals surface area contributed by atoms with Crippen molar-refractivity contribution in [3.05, 3.63) is 30.3 Å². The summed E-state index contributed by atoms with van der Waals surface area (Å²) in [7, 11) is -3.81. The van der Waals surface area contributed by atoms with Gasteiger partial charge in [-0.05, 0) is 31.9 Å². The van der Waals surface area contributed by atoms with Crippen LogP contribution < -0.4 is 4.90 Å². The lowest BCUT2D eigenvalue weighted by Crippen LogP contribution is -2.24. The van der Waals surface area contributed by atoms with Crippen molar-refractivity contribution in [3.8, 4) is 0 Å². The molecule has 0 amide bonds. The second kappa shape index (κ2) is 6.61.